The summed E-state index contributed by atoms with van der Waals surface area (Å²) in [4.78, 5) is 3.68. The van der Waals surface area contributed by atoms with Gasteiger partial charge in [0, 0.05) is 44.0 Å². The van der Waals surface area contributed by atoms with Gasteiger partial charge in [0.25, 0.3) is 0 Å². The van der Waals surface area contributed by atoms with Crippen LogP contribution in [0, 0.1) is 17.9 Å². The van der Waals surface area contributed by atoms with Crippen LogP contribution in [0.4, 0.5) is 5.69 Å². The van der Waals surface area contributed by atoms with Crippen molar-refractivity contribution in [2.45, 2.75) is 0 Å². The quantitative estimate of drug-likeness (QED) is 0.169. The molecule has 55 heavy (non-hydrogen) atoms. The van der Waals surface area contributed by atoms with E-state index in [4.69, 9.17) is 6.57 Å². The van der Waals surface area contributed by atoms with Crippen LogP contribution in [-0.2, 0) is 0 Å². The van der Waals surface area contributed by atoms with Gasteiger partial charge in [-0.25, -0.2) is 4.85 Å². The summed E-state index contributed by atoms with van der Waals surface area (Å²) >= 11 is 0. The number of fused-ring (bicyclic) bond motifs is 10. The second-order valence-electron chi connectivity index (χ2n) is 14.0. The van der Waals surface area contributed by atoms with Crippen LogP contribution >= 0.6 is 0 Å². The van der Waals surface area contributed by atoms with E-state index in [2.05, 4.69) is 158 Å². The molecular formula is C50H29N5. The van der Waals surface area contributed by atoms with E-state index in [0.29, 0.717) is 11.3 Å². The highest BCUT2D eigenvalue weighted by atomic mass is 15.0. The van der Waals surface area contributed by atoms with Gasteiger partial charge in [0.15, 0.2) is 5.69 Å². The first-order chi connectivity index (χ1) is 27.2. The SMILES string of the molecule is [C-]#[N+]c1ccc2c(c1)c1ccccc1n2-c1cc(C#N)cc(-c2ccc(-n3c4ccccc4c4c3ccc3c5ccccc5n(-c5ccccc5)c34)cc2)c1. The number of nitriles is 1. The molecule has 0 aliphatic rings. The van der Waals surface area contributed by atoms with Crippen molar-refractivity contribution in [1.29, 1.82) is 5.26 Å². The average molecular weight is 700 g/mol. The number of benzene rings is 8. The summed E-state index contributed by atoms with van der Waals surface area (Å²) in [6.45, 7) is 7.59. The molecule has 0 N–H and O–H groups in total. The van der Waals surface area contributed by atoms with Gasteiger partial charge in [0.1, 0.15) is 0 Å². The van der Waals surface area contributed by atoms with Gasteiger partial charge in [-0.1, -0.05) is 97.1 Å². The van der Waals surface area contributed by atoms with Crippen molar-refractivity contribution in [3.8, 4) is 34.3 Å². The molecule has 0 unspecified atom stereocenters. The molecule has 0 saturated heterocycles. The minimum absolute atomic E-state index is 0.584. The van der Waals surface area contributed by atoms with Crippen molar-refractivity contribution < 1.29 is 0 Å². The molecule has 254 valence electrons. The maximum atomic E-state index is 10.2. The van der Waals surface area contributed by atoms with Crippen LogP contribution < -0.4 is 0 Å². The van der Waals surface area contributed by atoms with Gasteiger partial charge in [-0.15, -0.1) is 0 Å². The fourth-order valence-corrected chi connectivity index (χ4v) is 8.72. The summed E-state index contributed by atoms with van der Waals surface area (Å²) in [5, 5.41) is 17.2. The number of para-hydroxylation sites is 4. The molecule has 5 nitrogen and oxygen atoms in total. The molecule has 0 spiro atoms. The van der Waals surface area contributed by atoms with Crippen molar-refractivity contribution in [2.24, 2.45) is 0 Å². The number of hydrogen-bond acceptors (Lipinski definition) is 1. The largest absolute Gasteiger partial charge is 0.309 e. The van der Waals surface area contributed by atoms with Gasteiger partial charge in [-0.05, 0) is 95.4 Å². The molecule has 0 aliphatic carbocycles. The molecule has 0 fully saturated rings. The van der Waals surface area contributed by atoms with Crippen LogP contribution in [0.3, 0.4) is 0 Å². The Labute approximate surface area is 316 Å². The maximum absolute atomic E-state index is 10.2. The van der Waals surface area contributed by atoms with Gasteiger partial charge in [0.2, 0.25) is 0 Å². The Kier molecular flexibility index (Phi) is 6.61. The van der Waals surface area contributed by atoms with E-state index >= 15 is 0 Å². The summed E-state index contributed by atoms with van der Waals surface area (Å²) < 4.78 is 6.98. The van der Waals surface area contributed by atoms with Gasteiger partial charge in [-0.2, -0.15) is 5.26 Å². The van der Waals surface area contributed by atoms with E-state index in [-0.39, 0.29) is 0 Å². The summed E-state index contributed by atoms with van der Waals surface area (Å²) in [5.74, 6) is 0. The van der Waals surface area contributed by atoms with Gasteiger partial charge < -0.3 is 13.7 Å². The van der Waals surface area contributed by atoms with Crippen molar-refractivity contribution in [3.63, 3.8) is 0 Å². The second-order valence-corrected chi connectivity index (χ2v) is 14.0. The Morgan fingerprint density at radius 3 is 1.73 bits per heavy atom. The molecule has 8 aromatic carbocycles. The molecule has 5 heteroatoms. The Hall–Kier alpha value is -7.86. The monoisotopic (exact) mass is 699 g/mol. The molecule has 0 atom stereocenters. The minimum Gasteiger partial charge on any atom is -0.309 e. The van der Waals surface area contributed by atoms with E-state index in [1.165, 1.54) is 32.6 Å². The van der Waals surface area contributed by atoms with Gasteiger partial charge in [-0.3, -0.25) is 0 Å². The third kappa shape index (κ3) is 4.51. The first-order valence-electron chi connectivity index (χ1n) is 18.3. The highest BCUT2D eigenvalue weighted by Crippen LogP contribution is 2.42. The van der Waals surface area contributed by atoms with E-state index in [1.54, 1.807) is 0 Å². The van der Waals surface area contributed by atoms with E-state index in [9.17, 15) is 5.26 Å². The molecule has 11 rings (SSSR count). The van der Waals surface area contributed by atoms with Crippen LogP contribution in [0.2, 0.25) is 0 Å². The molecule has 11 aromatic rings. The first kappa shape index (κ1) is 30.7. The van der Waals surface area contributed by atoms with Crippen LogP contribution in [0.1, 0.15) is 5.56 Å². The summed E-state index contributed by atoms with van der Waals surface area (Å²) in [6.07, 6.45) is 0. The summed E-state index contributed by atoms with van der Waals surface area (Å²) in [7, 11) is 0. The third-order valence-electron chi connectivity index (χ3n) is 11.0. The maximum Gasteiger partial charge on any atom is 0.188 e. The number of hydrogen-bond donors (Lipinski definition) is 0. The molecule has 0 bridgehead atoms. The van der Waals surface area contributed by atoms with Crippen LogP contribution in [0.15, 0.2) is 176 Å². The average Bonchev–Trinajstić information content (AvgIpc) is 3.89. The lowest BCUT2D eigenvalue weighted by Gasteiger charge is -2.13. The summed E-state index contributed by atoms with van der Waals surface area (Å²) in [5.41, 5.74) is 13.0. The van der Waals surface area contributed by atoms with E-state index < -0.39 is 0 Å². The van der Waals surface area contributed by atoms with Crippen molar-refractivity contribution in [2.75, 3.05) is 0 Å². The number of aromatic nitrogens is 3. The van der Waals surface area contributed by atoms with E-state index in [0.717, 1.165) is 61.0 Å². The Morgan fingerprint density at radius 1 is 0.418 bits per heavy atom. The molecule has 0 radical (unpaired) electrons. The topological polar surface area (TPSA) is 42.9 Å². The number of nitrogens with zero attached hydrogens (tertiary/aromatic N) is 5. The Morgan fingerprint density at radius 2 is 1.00 bits per heavy atom. The van der Waals surface area contributed by atoms with Crippen molar-refractivity contribution in [1.82, 2.24) is 13.7 Å². The fourth-order valence-electron chi connectivity index (χ4n) is 8.72. The molecule has 0 amide bonds. The zero-order chi connectivity index (χ0) is 36.6. The zero-order valence-electron chi connectivity index (χ0n) is 29.5. The van der Waals surface area contributed by atoms with E-state index in [1.807, 2.05) is 42.5 Å². The van der Waals surface area contributed by atoms with Crippen LogP contribution in [-0.4, -0.2) is 13.7 Å². The lowest BCUT2D eigenvalue weighted by molar-refractivity contribution is 1.17. The molecular weight excluding hydrogens is 671 g/mol. The van der Waals surface area contributed by atoms with Gasteiger partial charge >= 0.3 is 0 Å². The van der Waals surface area contributed by atoms with Crippen molar-refractivity contribution in [3.05, 3.63) is 193 Å². The smallest absolute Gasteiger partial charge is 0.188 e. The van der Waals surface area contributed by atoms with Gasteiger partial charge in [0.05, 0.1) is 51.3 Å². The highest BCUT2D eigenvalue weighted by Gasteiger charge is 2.21. The van der Waals surface area contributed by atoms with Crippen LogP contribution in [0.5, 0.6) is 0 Å². The third-order valence-corrected chi connectivity index (χ3v) is 11.0. The second kappa shape index (κ2) is 11.8. The fraction of sp³-hybridized carbons (Fsp3) is 0. The zero-order valence-corrected chi connectivity index (χ0v) is 29.5. The minimum atomic E-state index is 0.584. The Balaban J connectivity index is 1.10. The molecule has 0 aliphatic heterocycles. The highest BCUT2D eigenvalue weighted by molar-refractivity contribution is 6.26. The predicted octanol–water partition coefficient (Wildman–Crippen LogP) is 13.1. The van der Waals surface area contributed by atoms with Crippen molar-refractivity contribution >= 4 is 71.1 Å². The normalized spacial score (nSPS) is 11.6. The molecule has 0 saturated carbocycles. The number of rotatable bonds is 4. The lowest BCUT2D eigenvalue weighted by atomic mass is 10.0. The molecule has 3 aromatic heterocycles. The Bertz CT molecular complexity index is 3440. The van der Waals surface area contributed by atoms with Crippen LogP contribution in [0.25, 0.3) is 98.5 Å². The summed E-state index contributed by atoms with van der Waals surface area (Å²) in [6, 6.07) is 63.8. The standard InChI is InChI=1S/C50H29N5/c1-52-35-21-25-47-43(30-35)40-14-6-8-16-44(40)54(47)38-28-32(31-51)27-34(29-38)33-19-22-37(23-20-33)53-46-18-10-7-15-42(46)49-48(53)26-24-41-39-13-5-9-17-45(39)55(50(41)49)36-11-3-2-4-12-36/h2-30H. The lowest BCUT2D eigenvalue weighted by Crippen LogP contribution is -1.97. The first-order valence-corrected chi connectivity index (χ1v) is 18.3. The molecule has 3 heterocycles. The predicted molar refractivity (Wildman–Crippen MR) is 226 cm³/mol.